The molecule has 24 heavy (non-hydrogen) atoms. The van der Waals surface area contributed by atoms with Crippen molar-refractivity contribution in [3.63, 3.8) is 0 Å². The van der Waals surface area contributed by atoms with Gasteiger partial charge in [0.05, 0.1) is 5.56 Å². The van der Waals surface area contributed by atoms with E-state index in [9.17, 15) is 9.59 Å². The van der Waals surface area contributed by atoms with Crippen molar-refractivity contribution in [1.29, 1.82) is 0 Å². The summed E-state index contributed by atoms with van der Waals surface area (Å²) in [6, 6.07) is 15.7. The van der Waals surface area contributed by atoms with E-state index in [1.807, 2.05) is 18.2 Å². The van der Waals surface area contributed by atoms with E-state index in [-0.39, 0.29) is 11.8 Å². The molecule has 0 fully saturated rings. The minimum atomic E-state index is -0.360. The van der Waals surface area contributed by atoms with Crippen LogP contribution < -0.4 is 0 Å². The molecule has 0 aromatic heterocycles. The minimum absolute atomic E-state index is 0.0583. The molecular weight excluding hydrogens is 302 g/mol. The van der Waals surface area contributed by atoms with Gasteiger partial charge in [0.15, 0.2) is 5.78 Å². The van der Waals surface area contributed by atoms with Crippen LogP contribution in [0.1, 0.15) is 40.1 Å². The highest BCUT2D eigenvalue weighted by molar-refractivity contribution is 6.09. The van der Waals surface area contributed by atoms with Crippen LogP contribution in [0.15, 0.2) is 54.6 Å². The lowest BCUT2D eigenvalue weighted by Gasteiger charge is -2.17. The Morgan fingerprint density at radius 3 is 1.96 bits per heavy atom. The standard InChI is InChI=1S/C20H23NO3/c1-3-21(4-2)14-15-24-20(23)18-12-10-17(11-13-18)19(22)16-8-6-5-7-9-16/h5-13H,3-4,14-15H2,1-2H3. The van der Waals surface area contributed by atoms with E-state index in [0.29, 0.717) is 23.3 Å². The van der Waals surface area contributed by atoms with E-state index in [4.69, 9.17) is 4.74 Å². The summed E-state index contributed by atoms with van der Waals surface area (Å²) in [5.41, 5.74) is 1.65. The van der Waals surface area contributed by atoms with Crippen molar-refractivity contribution in [2.75, 3.05) is 26.2 Å². The van der Waals surface area contributed by atoms with Crippen LogP contribution >= 0.6 is 0 Å². The summed E-state index contributed by atoms with van der Waals surface area (Å²) in [4.78, 5) is 26.5. The van der Waals surface area contributed by atoms with Gasteiger partial charge in [-0.1, -0.05) is 56.3 Å². The third-order valence-electron chi connectivity index (χ3n) is 3.95. The average molecular weight is 325 g/mol. The van der Waals surface area contributed by atoms with E-state index in [2.05, 4.69) is 18.7 Å². The van der Waals surface area contributed by atoms with E-state index in [0.717, 1.165) is 19.6 Å². The monoisotopic (exact) mass is 325 g/mol. The van der Waals surface area contributed by atoms with Gasteiger partial charge in [0.2, 0.25) is 0 Å². The lowest BCUT2D eigenvalue weighted by atomic mass is 10.0. The summed E-state index contributed by atoms with van der Waals surface area (Å²) in [5, 5.41) is 0. The van der Waals surface area contributed by atoms with Crippen LogP contribution in [-0.2, 0) is 4.74 Å². The summed E-state index contributed by atoms with van der Waals surface area (Å²) in [5.74, 6) is -0.419. The summed E-state index contributed by atoms with van der Waals surface area (Å²) in [7, 11) is 0. The first kappa shape index (κ1) is 17.9. The van der Waals surface area contributed by atoms with Crippen molar-refractivity contribution in [2.24, 2.45) is 0 Å². The number of rotatable bonds is 8. The average Bonchev–Trinajstić information content (AvgIpc) is 2.65. The summed E-state index contributed by atoms with van der Waals surface area (Å²) >= 11 is 0. The van der Waals surface area contributed by atoms with E-state index in [1.54, 1.807) is 36.4 Å². The molecule has 0 spiro atoms. The first-order valence-corrected chi connectivity index (χ1v) is 8.25. The van der Waals surface area contributed by atoms with Crippen LogP contribution in [-0.4, -0.2) is 42.9 Å². The third-order valence-corrected chi connectivity index (χ3v) is 3.95. The Labute approximate surface area is 143 Å². The molecule has 126 valence electrons. The van der Waals surface area contributed by atoms with E-state index >= 15 is 0 Å². The largest absolute Gasteiger partial charge is 0.461 e. The van der Waals surface area contributed by atoms with Gasteiger partial charge in [0.25, 0.3) is 0 Å². The zero-order chi connectivity index (χ0) is 17.4. The van der Waals surface area contributed by atoms with Crippen LogP contribution in [0, 0.1) is 0 Å². The molecule has 2 aromatic rings. The van der Waals surface area contributed by atoms with E-state index in [1.165, 1.54) is 0 Å². The van der Waals surface area contributed by atoms with Crippen molar-refractivity contribution >= 4 is 11.8 Å². The Kier molecular flexibility index (Phi) is 6.70. The molecule has 0 aliphatic heterocycles. The zero-order valence-corrected chi connectivity index (χ0v) is 14.2. The van der Waals surface area contributed by atoms with E-state index < -0.39 is 0 Å². The molecule has 0 saturated carbocycles. The van der Waals surface area contributed by atoms with Gasteiger partial charge in [-0.3, -0.25) is 4.79 Å². The number of nitrogens with zero attached hydrogens (tertiary/aromatic N) is 1. The van der Waals surface area contributed by atoms with Crippen molar-refractivity contribution in [3.8, 4) is 0 Å². The second-order valence-electron chi connectivity index (χ2n) is 5.44. The second-order valence-corrected chi connectivity index (χ2v) is 5.44. The fraction of sp³-hybridized carbons (Fsp3) is 0.300. The molecule has 4 nitrogen and oxygen atoms in total. The van der Waals surface area contributed by atoms with Gasteiger partial charge in [-0.15, -0.1) is 0 Å². The summed E-state index contributed by atoms with van der Waals surface area (Å²) < 4.78 is 5.28. The number of hydrogen-bond donors (Lipinski definition) is 0. The lowest BCUT2D eigenvalue weighted by Crippen LogP contribution is -2.27. The number of ether oxygens (including phenoxy) is 1. The molecule has 0 unspecified atom stereocenters. The molecule has 0 bridgehead atoms. The van der Waals surface area contributed by atoms with Crippen LogP contribution in [0.2, 0.25) is 0 Å². The lowest BCUT2D eigenvalue weighted by molar-refractivity contribution is 0.0466. The van der Waals surface area contributed by atoms with Gasteiger partial charge < -0.3 is 9.64 Å². The molecule has 0 N–H and O–H groups in total. The van der Waals surface area contributed by atoms with Crippen molar-refractivity contribution in [1.82, 2.24) is 4.90 Å². The summed E-state index contributed by atoms with van der Waals surface area (Å²) in [6.45, 7) is 7.12. The predicted molar refractivity (Wildman–Crippen MR) is 94.4 cm³/mol. The minimum Gasteiger partial charge on any atom is -0.461 e. The third kappa shape index (κ3) is 4.77. The Hall–Kier alpha value is -2.46. The number of likely N-dealkylation sites (N-methyl/N-ethyl adjacent to an activating group) is 1. The molecule has 2 rings (SSSR count). The number of ketones is 1. The smallest absolute Gasteiger partial charge is 0.338 e. The molecule has 2 aromatic carbocycles. The van der Waals surface area contributed by atoms with Gasteiger partial charge in [-0.2, -0.15) is 0 Å². The first-order valence-electron chi connectivity index (χ1n) is 8.25. The number of hydrogen-bond acceptors (Lipinski definition) is 4. The molecule has 0 radical (unpaired) electrons. The first-order chi connectivity index (χ1) is 11.7. The quantitative estimate of drug-likeness (QED) is 0.551. The fourth-order valence-electron chi connectivity index (χ4n) is 2.40. The maximum Gasteiger partial charge on any atom is 0.338 e. The van der Waals surface area contributed by atoms with Crippen LogP contribution in [0.25, 0.3) is 0 Å². The fourth-order valence-corrected chi connectivity index (χ4v) is 2.40. The molecule has 0 aliphatic carbocycles. The summed E-state index contributed by atoms with van der Waals surface area (Å²) in [6.07, 6.45) is 0. The van der Waals surface area contributed by atoms with Crippen molar-refractivity contribution in [2.45, 2.75) is 13.8 Å². The number of carbonyl (C=O) groups is 2. The van der Waals surface area contributed by atoms with Gasteiger partial charge in [-0.25, -0.2) is 4.79 Å². The maximum atomic E-state index is 12.3. The Morgan fingerprint density at radius 2 is 1.38 bits per heavy atom. The maximum absolute atomic E-state index is 12.3. The van der Waals surface area contributed by atoms with Crippen LogP contribution in [0.3, 0.4) is 0 Å². The highest BCUT2D eigenvalue weighted by Crippen LogP contribution is 2.12. The van der Waals surface area contributed by atoms with Gasteiger partial charge in [0, 0.05) is 17.7 Å². The Balaban J connectivity index is 1.94. The number of benzene rings is 2. The molecule has 0 amide bonds. The van der Waals surface area contributed by atoms with Crippen LogP contribution in [0.5, 0.6) is 0 Å². The molecule has 0 heterocycles. The van der Waals surface area contributed by atoms with Crippen molar-refractivity contribution < 1.29 is 14.3 Å². The predicted octanol–water partition coefficient (Wildman–Crippen LogP) is 3.42. The van der Waals surface area contributed by atoms with Gasteiger partial charge >= 0.3 is 5.97 Å². The topological polar surface area (TPSA) is 46.6 Å². The second kappa shape index (κ2) is 8.99. The van der Waals surface area contributed by atoms with Gasteiger partial charge in [0.1, 0.15) is 6.61 Å². The Morgan fingerprint density at radius 1 is 0.833 bits per heavy atom. The van der Waals surface area contributed by atoms with Crippen LogP contribution in [0.4, 0.5) is 0 Å². The number of carbonyl (C=O) groups excluding carboxylic acids is 2. The molecule has 0 aliphatic rings. The Bertz CT molecular complexity index is 661. The zero-order valence-electron chi connectivity index (χ0n) is 14.2. The van der Waals surface area contributed by atoms with Gasteiger partial charge in [-0.05, 0) is 25.2 Å². The highest BCUT2D eigenvalue weighted by Gasteiger charge is 2.11. The number of esters is 1. The highest BCUT2D eigenvalue weighted by atomic mass is 16.5. The normalized spacial score (nSPS) is 10.6. The molecule has 4 heteroatoms. The van der Waals surface area contributed by atoms with Crippen molar-refractivity contribution in [3.05, 3.63) is 71.3 Å². The SMILES string of the molecule is CCN(CC)CCOC(=O)c1ccc(C(=O)c2ccccc2)cc1. The molecule has 0 atom stereocenters. The molecule has 0 saturated heterocycles. The molecular formula is C20H23NO3.